The number of halogens is 1. The van der Waals surface area contributed by atoms with Gasteiger partial charge >= 0.3 is 0 Å². The molecule has 1 aromatic heterocycles. The quantitative estimate of drug-likeness (QED) is 0.543. The maximum Gasteiger partial charge on any atom is 0.290 e. The van der Waals surface area contributed by atoms with Crippen molar-refractivity contribution in [2.24, 2.45) is 0 Å². The molecule has 1 atom stereocenters. The summed E-state index contributed by atoms with van der Waals surface area (Å²) in [6, 6.07) is 12.3. The molecular weight excluding hydrogens is 448 g/mol. The van der Waals surface area contributed by atoms with E-state index in [0.29, 0.717) is 28.8 Å². The Hall–Kier alpha value is -2.64. The second kappa shape index (κ2) is 8.24. The Bertz CT molecular complexity index is 1170. The van der Waals surface area contributed by atoms with Crippen LogP contribution in [0.3, 0.4) is 0 Å². The molecule has 0 bridgehead atoms. The van der Waals surface area contributed by atoms with E-state index in [1.165, 1.54) is 0 Å². The molecule has 0 fully saturated rings. The monoisotopic (exact) mass is 470 g/mol. The standard InChI is InChI=1S/C23H23BrN2O4/c1-25(2)10-5-11-26-20(14-6-4-7-15(24)12-14)19-21(27)17-9-8-16(29-3)13-18(17)30-22(19)23(26)28/h4,6-9,12-13,20H,5,10-11H2,1-3H3/t20-/m1/s1. The fourth-order valence-corrected chi connectivity index (χ4v) is 4.35. The number of ether oxygens (including phenoxy) is 1. The molecule has 7 heteroatoms. The Morgan fingerprint density at radius 2 is 1.97 bits per heavy atom. The Morgan fingerprint density at radius 3 is 2.67 bits per heavy atom. The molecule has 1 amide bonds. The molecule has 30 heavy (non-hydrogen) atoms. The van der Waals surface area contributed by atoms with Crippen molar-refractivity contribution >= 4 is 32.8 Å². The van der Waals surface area contributed by atoms with E-state index >= 15 is 0 Å². The summed E-state index contributed by atoms with van der Waals surface area (Å²) >= 11 is 3.50. The molecule has 3 aromatic rings. The number of benzene rings is 2. The Kier molecular flexibility index (Phi) is 5.66. The van der Waals surface area contributed by atoms with Crippen LogP contribution in [0.5, 0.6) is 5.75 Å². The number of hydrogen-bond donors (Lipinski definition) is 0. The lowest BCUT2D eigenvalue weighted by Crippen LogP contribution is -2.32. The summed E-state index contributed by atoms with van der Waals surface area (Å²) in [5.41, 5.74) is 1.46. The summed E-state index contributed by atoms with van der Waals surface area (Å²) in [6.07, 6.45) is 0.790. The van der Waals surface area contributed by atoms with Crippen molar-refractivity contribution in [3.8, 4) is 5.75 Å². The molecular formula is C23H23BrN2O4. The van der Waals surface area contributed by atoms with Gasteiger partial charge < -0.3 is 19.0 Å². The van der Waals surface area contributed by atoms with Gasteiger partial charge in [0.25, 0.3) is 5.91 Å². The lowest BCUT2D eigenvalue weighted by molar-refractivity contribution is 0.0722. The number of carbonyl (C=O) groups is 1. The van der Waals surface area contributed by atoms with Gasteiger partial charge in [0.05, 0.1) is 24.1 Å². The first-order chi connectivity index (χ1) is 14.4. The molecule has 0 saturated carbocycles. The van der Waals surface area contributed by atoms with Crippen LogP contribution < -0.4 is 10.2 Å². The van der Waals surface area contributed by atoms with Gasteiger partial charge in [-0.3, -0.25) is 9.59 Å². The van der Waals surface area contributed by atoms with E-state index in [1.807, 2.05) is 38.4 Å². The summed E-state index contributed by atoms with van der Waals surface area (Å²) in [6.45, 7) is 1.36. The zero-order valence-corrected chi connectivity index (χ0v) is 18.7. The molecule has 0 spiro atoms. The van der Waals surface area contributed by atoms with Crippen LogP contribution in [0.4, 0.5) is 0 Å². The highest BCUT2D eigenvalue weighted by atomic mass is 79.9. The maximum atomic E-state index is 13.5. The summed E-state index contributed by atoms with van der Waals surface area (Å²) in [4.78, 5) is 30.6. The summed E-state index contributed by atoms with van der Waals surface area (Å²) in [5, 5.41) is 0.442. The molecule has 6 nitrogen and oxygen atoms in total. The Balaban J connectivity index is 1.88. The second-order valence-electron chi connectivity index (χ2n) is 7.65. The van der Waals surface area contributed by atoms with Crippen LogP contribution in [0, 0.1) is 0 Å². The van der Waals surface area contributed by atoms with Crippen LogP contribution in [0.2, 0.25) is 0 Å². The number of fused-ring (bicyclic) bond motifs is 2. The minimum atomic E-state index is -0.477. The van der Waals surface area contributed by atoms with Gasteiger partial charge in [-0.25, -0.2) is 0 Å². The van der Waals surface area contributed by atoms with Crippen LogP contribution in [0.1, 0.15) is 34.1 Å². The Labute approximate surface area is 183 Å². The number of amides is 1. The topological polar surface area (TPSA) is 63.0 Å². The zero-order valence-electron chi connectivity index (χ0n) is 17.1. The van der Waals surface area contributed by atoms with E-state index < -0.39 is 6.04 Å². The Morgan fingerprint density at radius 1 is 1.17 bits per heavy atom. The number of carbonyl (C=O) groups excluding carboxylic acids is 1. The third-order valence-electron chi connectivity index (χ3n) is 5.34. The van der Waals surface area contributed by atoms with Gasteiger partial charge in [0.2, 0.25) is 5.76 Å². The number of methoxy groups -OCH3 is 1. The van der Waals surface area contributed by atoms with Crippen LogP contribution in [-0.2, 0) is 0 Å². The van der Waals surface area contributed by atoms with Crippen LogP contribution in [0.15, 0.2) is 56.1 Å². The van der Waals surface area contributed by atoms with Gasteiger partial charge in [-0.05, 0) is 56.9 Å². The summed E-state index contributed by atoms with van der Waals surface area (Å²) in [7, 11) is 5.54. The van der Waals surface area contributed by atoms with Crippen LogP contribution >= 0.6 is 15.9 Å². The van der Waals surface area contributed by atoms with Crippen LogP contribution in [-0.4, -0.2) is 50.0 Å². The first kappa shape index (κ1) is 20.6. The van der Waals surface area contributed by atoms with E-state index in [9.17, 15) is 9.59 Å². The summed E-state index contributed by atoms with van der Waals surface area (Å²) in [5.74, 6) is 0.438. The fourth-order valence-electron chi connectivity index (χ4n) is 3.94. The first-order valence-electron chi connectivity index (χ1n) is 9.76. The predicted molar refractivity (Wildman–Crippen MR) is 119 cm³/mol. The van der Waals surface area contributed by atoms with Crippen molar-refractivity contribution in [2.45, 2.75) is 12.5 Å². The zero-order chi connectivity index (χ0) is 21.4. The highest BCUT2D eigenvalue weighted by Crippen LogP contribution is 2.39. The molecule has 0 aliphatic carbocycles. The molecule has 1 aliphatic heterocycles. The van der Waals surface area contributed by atoms with Crippen molar-refractivity contribution in [1.29, 1.82) is 0 Å². The minimum absolute atomic E-state index is 0.121. The lowest BCUT2D eigenvalue weighted by atomic mass is 9.98. The molecule has 1 aliphatic rings. The highest BCUT2D eigenvalue weighted by Gasteiger charge is 2.42. The molecule has 0 radical (unpaired) electrons. The molecule has 2 aromatic carbocycles. The smallest absolute Gasteiger partial charge is 0.290 e. The van der Waals surface area contributed by atoms with Gasteiger partial charge in [0, 0.05) is 17.1 Å². The van der Waals surface area contributed by atoms with E-state index in [2.05, 4.69) is 20.8 Å². The first-order valence-corrected chi connectivity index (χ1v) is 10.6. The number of nitrogens with zero attached hydrogens (tertiary/aromatic N) is 2. The third kappa shape index (κ3) is 3.63. The minimum Gasteiger partial charge on any atom is -0.497 e. The average molecular weight is 471 g/mol. The highest BCUT2D eigenvalue weighted by molar-refractivity contribution is 9.10. The predicted octanol–water partition coefficient (Wildman–Crippen LogP) is 4.06. The van der Waals surface area contributed by atoms with E-state index in [4.69, 9.17) is 9.15 Å². The van der Waals surface area contributed by atoms with Crippen molar-refractivity contribution < 1.29 is 13.9 Å². The van der Waals surface area contributed by atoms with Gasteiger partial charge in [0.1, 0.15) is 11.3 Å². The third-order valence-corrected chi connectivity index (χ3v) is 5.84. The van der Waals surface area contributed by atoms with Gasteiger partial charge in [-0.15, -0.1) is 0 Å². The normalized spacial score (nSPS) is 15.8. The number of rotatable bonds is 6. The van der Waals surface area contributed by atoms with E-state index in [1.54, 1.807) is 30.2 Å². The van der Waals surface area contributed by atoms with Gasteiger partial charge in [-0.1, -0.05) is 28.1 Å². The van der Waals surface area contributed by atoms with Crippen molar-refractivity contribution in [3.05, 3.63) is 74.0 Å². The summed E-state index contributed by atoms with van der Waals surface area (Å²) < 4.78 is 12.1. The molecule has 4 rings (SSSR count). The SMILES string of the molecule is COc1ccc2c(=O)c3c(oc2c1)C(=O)N(CCCN(C)C)[C@@H]3c1cccc(Br)c1. The lowest BCUT2D eigenvalue weighted by Gasteiger charge is -2.26. The van der Waals surface area contributed by atoms with E-state index in [0.717, 1.165) is 23.0 Å². The molecule has 0 N–H and O–H groups in total. The van der Waals surface area contributed by atoms with Crippen molar-refractivity contribution in [2.75, 3.05) is 34.3 Å². The fraction of sp³-hybridized carbons (Fsp3) is 0.304. The largest absolute Gasteiger partial charge is 0.497 e. The average Bonchev–Trinajstić information content (AvgIpc) is 3.00. The maximum absolute atomic E-state index is 13.5. The molecule has 0 unspecified atom stereocenters. The van der Waals surface area contributed by atoms with Gasteiger partial charge in [-0.2, -0.15) is 0 Å². The van der Waals surface area contributed by atoms with Crippen LogP contribution in [0.25, 0.3) is 11.0 Å². The van der Waals surface area contributed by atoms with Gasteiger partial charge in [0.15, 0.2) is 5.43 Å². The number of hydrogen-bond acceptors (Lipinski definition) is 5. The molecule has 0 saturated heterocycles. The van der Waals surface area contributed by atoms with Crippen molar-refractivity contribution in [3.63, 3.8) is 0 Å². The van der Waals surface area contributed by atoms with Crippen molar-refractivity contribution in [1.82, 2.24) is 9.80 Å². The van der Waals surface area contributed by atoms with E-state index in [-0.39, 0.29) is 17.1 Å². The molecule has 156 valence electrons. The second-order valence-corrected chi connectivity index (χ2v) is 8.56. The molecule has 2 heterocycles.